The van der Waals surface area contributed by atoms with Crippen LogP contribution in [0.5, 0.6) is 0 Å². The van der Waals surface area contributed by atoms with Crippen LogP contribution in [-0.2, 0) is 16.8 Å². The van der Waals surface area contributed by atoms with E-state index in [1.807, 2.05) is 18.2 Å². The van der Waals surface area contributed by atoms with Gasteiger partial charge in [-0.3, -0.25) is 4.90 Å². The Balaban J connectivity index is 1.99. The number of methoxy groups -OCH3 is 1. The highest BCUT2D eigenvalue weighted by Crippen LogP contribution is 2.52. The summed E-state index contributed by atoms with van der Waals surface area (Å²) in [7, 11) is 1.73. The van der Waals surface area contributed by atoms with E-state index in [9.17, 15) is 5.11 Å². The molecule has 0 unspecified atom stereocenters. The molecule has 174 valence electrons. The van der Waals surface area contributed by atoms with Gasteiger partial charge >= 0.3 is 0 Å². The molecule has 0 heterocycles. The molecule has 0 spiro atoms. The number of nitrogens with zero attached hydrogens (tertiary/aromatic N) is 1. The van der Waals surface area contributed by atoms with Crippen LogP contribution in [-0.4, -0.2) is 36.4 Å². The van der Waals surface area contributed by atoms with Crippen molar-refractivity contribution in [2.45, 2.75) is 24.5 Å². The van der Waals surface area contributed by atoms with Gasteiger partial charge in [0.25, 0.3) is 0 Å². The number of aliphatic hydroxyl groups excluding tert-OH is 1. The number of aliphatic hydroxyl groups is 1. The minimum Gasteiger partial charge on any atom is -0.396 e. The van der Waals surface area contributed by atoms with Gasteiger partial charge in [0.2, 0.25) is 0 Å². The highest BCUT2D eigenvalue weighted by Gasteiger charge is 2.47. The zero-order valence-electron chi connectivity index (χ0n) is 19.8. The Morgan fingerprint density at radius 3 is 2.09 bits per heavy atom. The second-order valence-corrected chi connectivity index (χ2v) is 8.57. The molecule has 0 amide bonds. The molecule has 1 aliphatic carbocycles. The highest BCUT2D eigenvalue weighted by atomic mass is 16.5. The molecule has 0 aliphatic heterocycles. The summed E-state index contributed by atoms with van der Waals surface area (Å²) in [6.07, 6.45) is 10.8. The van der Waals surface area contributed by atoms with E-state index < -0.39 is 5.54 Å². The van der Waals surface area contributed by atoms with Crippen molar-refractivity contribution in [2.24, 2.45) is 0 Å². The van der Waals surface area contributed by atoms with Crippen molar-refractivity contribution in [3.8, 4) is 11.1 Å². The summed E-state index contributed by atoms with van der Waals surface area (Å²) in [5.74, 6) is 0. The third-order valence-corrected chi connectivity index (χ3v) is 6.57. The number of hydrogen-bond donors (Lipinski definition) is 1. The van der Waals surface area contributed by atoms with Crippen LogP contribution in [0.3, 0.4) is 0 Å². The van der Waals surface area contributed by atoms with Gasteiger partial charge in [0.1, 0.15) is 0 Å². The average Bonchev–Trinajstić information content (AvgIpc) is 3.16. The predicted octanol–water partition coefficient (Wildman–Crippen LogP) is 6.11. The van der Waals surface area contributed by atoms with E-state index in [4.69, 9.17) is 4.74 Å². The third-order valence-electron chi connectivity index (χ3n) is 6.57. The summed E-state index contributed by atoms with van der Waals surface area (Å²) in [4.78, 5) is 2.50. The second-order valence-electron chi connectivity index (χ2n) is 8.57. The molecule has 0 bridgehead atoms. The molecule has 4 rings (SSSR count). The first-order valence-electron chi connectivity index (χ1n) is 11.8. The zero-order chi connectivity index (χ0) is 23.8. The summed E-state index contributed by atoms with van der Waals surface area (Å²) in [6, 6.07) is 27.9. The van der Waals surface area contributed by atoms with Crippen LogP contribution >= 0.6 is 0 Å². The van der Waals surface area contributed by atoms with Gasteiger partial charge in [-0.05, 0) is 34.2 Å². The standard InChI is InChI=1S/C31H33NO2/c1-3-4-5-13-21-31(29-18-11-9-16-27(29)28-17-10-12-19-30(28)31)32(26(20-22-33)24-34-2)23-25-14-7-6-8-15-25/h3-19,21,26,33H,1,20,22-24H2,2H3/t26-/m0/s1. The molecule has 0 saturated carbocycles. The SMILES string of the molecule is C=CC=CC=CC1(N(Cc2ccccc2)[C@@H](CCO)COC)c2ccccc2-c2ccccc21. The number of allylic oxidation sites excluding steroid dienone is 4. The molecular formula is C31H33NO2. The van der Waals surface area contributed by atoms with Gasteiger partial charge in [0, 0.05) is 26.3 Å². The molecule has 3 aromatic rings. The largest absolute Gasteiger partial charge is 0.396 e. The average molecular weight is 452 g/mol. The van der Waals surface area contributed by atoms with Crippen LogP contribution < -0.4 is 0 Å². The van der Waals surface area contributed by atoms with Gasteiger partial charge in [-0.25, -0.2) is 0 Å². The molecule has 1 atom stereocenters. The summed E-state index contributed by atoms with van der Waals surface area (Å²) < 4.78 is 5.69. The highest BCUT2D eigenvalue weighted by molar-refractivity contribution is 5.82. The van der Waals surface area contributed by atoms with Crippen molar-refractivity contribution in [1.29, 1.82) is 0 Å². The van der Waals surface area contributed by atoms with E-state index in [-0.39, 0.29) is 12.6 Å². The first-order chi connectivity index (χ1) is 16.8. The number of rotatable bonds is 11. The van der Waals surface area contributed by atoms with E-state index in [2.05, 4.69) is 96.4 Å². The van der Waals surface area contributed by atoms with E-state index in [1.165, 1.54) is 27.8 Å². The lowest BCUT2D eigenvalue weighted by Crippen LogP contribution is -2.51. The van der Waals surface area contributed by atoms with Crippen molar-refractivity contribution in [2.75, 3.05) is 20.3 Å². The summed E-state index contributed by atoms with van der Waals surface area (Å²) in [5, 5.41) is 10.0. The van der Waals surface area contributed by atoms with Crippen molar-refractivity contribution in [3.63, 3.8) is 0 Å². The van der Waals surface area contributed by atoms with Crippen LogP contribution in [0, 0.1) is 0 Å². The molecule has 1 N–H and O–H groups in total. The van der Waals surface area contributed by atoms with Gasteiger partial charge in [0.05, 0.1) is 12.1 Å². The summed E-state index contributed by atoms with van der Waals surface area (Å²) in [5.41, 5.74) is 5.68. The minimum absolute atomic E-state index is 0.00227. The van der Waals surface area contributed by atoms with Crippen LogP contribution in [0.4, 0.5) is 0 Å². The topological polar surface area (TPSA) is 32.7 Å². The van der Waals surface area contributed by atoms with Gasteiger partial charge in [-0.2, -0.15) is 0 Å². The fourth-order valence-corrected chi connectivity index (χ4v) is 5.16. The van der Waals surface area contributed by atoms with Gasteiger partial charge in [-0.15, -0.1) is 0 Å². The lowest BCUT2D eigenvalue weighted by Gasteiger charge is -2.45. The third kappa shape index (κ3) is 4.55. The lowest BCUT2D eigenvalue weighted by molar-refractivity contribution is 0.0252. The van der Waals surface area contributed by atoms with Crippen LogP contribution in [0.15, 0.2) is 116 Å². The number of benzene rings is 3. The Morgan fingerprint density at radius 2 is 1.50 bits per heavy atom. The van der Waals surface area contributed by atoms with Crippen molar-refractivity contribution in [1.82, 2.24) is 4.90 Å². The first-order valence-corrected chi connectivity index (χ1v) is 11.8. The number of ether oxygens (including phenoxy) is 1. The Kier molecular flexibility index (Phi) is 7.91. The van der Waals surface area contributed by atoms with Crippen molar-refractivity contribution in [3.05, 3.63) is 133 Å². The number of fused-ring (bicyclic) bond motifs is 3. The summed E-state index contributed by atoms with van der Waals surface area (Å²) >= 11 is 0. The molecule has 34 heavy (non-hydrogen) atoms. The summed E-state index contributed by atoms with van der Waals surface area (Å²) in [6.45, 7) is 5.15. The first kappa shape index (κ1) is 23.9. The maximum absolute atomic E-state index is 10.0. The minimum atomic E-state index is -0.521. The fourth-order valence-electron chi connectivity index (χ4n) is 5.16. The predicted molar refractivity (Wildman–Crippen MR) is 140 cm³/mol. The molecule has 3 aromatic carbocycles. The monoisotopic (exact) mass is 451 g/mol. The maximum Gasteiger partial charge on any atom is 0.0923 e. The zero-order valence-corrected chi connectivity index (χ0v) is 19.8. The van der Waals surface area contributed by atoms with E-state index in [0.717, 1.165) is 0 Å². The molecule has 3 heteroatoms. The molecule has 1 aliphatic rings. The Labute approximate surface area is 203 Å². The quantitative estimate of drug-likeness (QED) is 0.357. The Hall–Kier alpha value is -3.24. The van der Waals surface area contributed by atoms with Crippen molar-refractivity contribution >= 4 is 0 Å². The van der Waals surface area contributed by atoms with Crippen molar-refractivity contribution < 1.29 is 9.84 Å². The van der Waals surface area contributed by atoms with Crippen LogP contribution in [0.1, 0.15) is 23.1 Å². The van der Waals surface area contributed by atoms with Crippen LogP contribution in [0.2, 0.25) is 0 Å². The van der Waals surface area contributed by atoms with E-state index in [1.54, 1.807) is 13.2 Å². The van der Waals surface area contributed by atoms with Gasteiger partial charge < -0.3 is 9.84 Å². The van der Waals surface area contributed by atoms with Crippen LogP contribution in [0.25, 0.3) is 11.1 Å². The lowest BCUT2D eigenvalue weighted by atomic mass is 9.82. The second kappa shape index (κ2) is 11.3. The molecule has 0 aromatic heterocycles. The van der Waals surface area contributed by atoms with Gasteiger partial charge in [-0.1, -0.05) is 116 Å². The smallest absolute Gasteiger partial charge is 0.0923 e. The molecular weight excluding hydrogens is 418 g/mol. The molecule has 0 saturated heterocycles. The molecule has 3 nitrogen and oxygen atoms in total. The maximum atomic E-state index is 10.0. The number of hydrogen-bond acceptors (Lipinski definition) is 3. The normalized spacial score (nSPS) is 15.0. The molecule has 0 radical (unpaired) electrons. The van der Waals surface area contributed by atoms with Gasteiger partial charge in [0.15, 0.2) is 0 Å². The van der Waals surface area contributed by atoms with E-state index >= 15 is 0 Å². The molecule has 0 fully saturated rings. The Bertz CT molecular complexity index is 1100. The Morgan fingerprint density at radius 1 is 0.882 bits per heavy atom. The fraction of sp³-hybridized carbons (Fsp3) is 0.226. The van der Waals surface area contributed by atoms with E-state index in [0.29, 0.717) is 19.6 Å².